The molecule has 0 fully saturated rings. The van der Waals surface area contributed by atoms with Crippen LogP contribution in [0, 0.1) is 6.92 Å². The molecule has 0 aliphatic rings. The van der Waals surface area contributed by atoms with Gasteiger partial charge in [0.05, 0.1) is 22.9 Å². The van der Waals surface area contributed by atoms with Gasteiger partial charge in [0.1, 0.15) is 4.90 Å². The summed E-state index contributed by atoms with van der Waals surface area (Å²) < 4.78 is 32.3. The van der Waals surface area contributed by atoms with E-state index in [4.69, 9.17) is 0 Å². The highest BCUT2D eigenvalue weighted by atomic mass is 32.2. The maximum atomic E-state index is 11.5. The number of aliphatic hydroxyl groups is 1. The summed E-state index contributed by atoms with van der Waals surface area (Å²) in [6.07, 6.45) is 1.66. The van der Waals surface area contributed by atoms with Gasteiger partial charge in [-0.15, -0.1) is 0 Å². The Hall–Kier alpha value is -2.33. The number of para-hydroxylation sites is 1. The fraction of sp³-hybridized carbons (Fsp3) is 0.125. The largest absolute Gasteiger partial charge is 0.391 e. The Balaban J connectivity index is 2.01. The lowest BCUT2D eigenvalue weighted by atomic mass is 10.1. The van der Waals surface area contributed by atoms with Crippen LogP contribution in [0.2, 0.25) is 0 Å². The Labute approximate surface area is 148 Å². The van der Waals surface area contributed by atoms with E-state index in [-0.39, 0.29) is 17.2 Å². The van der Waals surface area contributed by atoms with E-state index in [1.165, 1.54) is 29.5 Å². The number of aryl methyl sites for hydroxylation is 1. The lowest BCUT2D eigenvalue weighted by molar-refractivity contribution is 0.286. The molecule has 0 amide bonds. The van der Waals surface area contributed by atoms with Crippen molar-refractivity contribution in [1.82, 2.24) is 9.97 Å². The van der Waals surface area contributed by atoms with Crippen LogP contribution in [-0.4, -0.2) is 28.0 Å². The van der Waals surface area contributed by atoms with Gasteiger partial charge in [0, 0.05) is 17.5 Å². The molecule has 0 atom stereocenters. The van der Waals surface area contributed by atoms with Crippen molar-refractivity contribution >= 4 is 32.3 Å². The Bertz CT molecular complexity index is 1020. The molecule has 3 rings (SSSR count). The SMILES string of the molecule is Cc1cc(-c2nc(Nc3ccccc3S(=O)(=O)O)sc2CO)ccn1. The fourth-order valence-corrected chi connectivity index (χ4v) is 3.84. The van der Waals surface area contributed by atoms with Crippen LogP contribution in [0.3, 0.4) is 0 Å². The van der Waals surface area contributed by atoms with E-state index in [0.29, 0.717) is 15.7 Å². The number of anilines is 2. The van der Waals surface area contributed by atoms with Gasteiger partial charge >= 0.3 is 0 Å². The zero-order chi connectivity index (χ0) is 18.0. The fourth-order valence-electron chi connectivity index (χ4n) is 2.34. The molecular formula is C16H15N3O4S2. The number of pyridine rings is 1. The normalized spacial score (nSPS) is 11.5. The Morgan fingerprint density at radius 3 is 2.68 bits per heavy atom. The molecule has 25 heavy (non-hydrogen) atoms. The summed E-state index contributed by atoms with van der Waals surface area (Å²) in [6, 6.07) is 9.62. The van der Waals surface area contributed by atoms with Crippen molar-refractivity contribution in [2.24, 2.45) is 0 Å². The summed E-state index contributed by atoms with van der Waals surface area (Å²) in [5.74, 6) is 0. The lowest BCUT2D eigenvalue weighted by Gasteiger charge is -2.07. The summed E-state index contributed by atoms with van der Waals surface area (Å²) in [5.41, 5.74) is 2.44. The maximum absolute atomic E-state index is 11.5. The number of nitrogens with one attached hydrogen (secondary N) is 1. The van der Waals surface area contributed by atoms with Crippen LogP contribution in [-0.2, 0) is 16.7 Å². The molecule has 3 aromatic rings. The number of aliphatic hydroxyl groups excluding tert-OH is 1. The van der Waals surface area contributed by atoms with Crippen LogP contribution in [0.15, 0.2) is 47.5 Å². The Morgan fingerprint density at radius 2 is 2.00 bits per heavy atom. The standard InChI is InChI=1S/C16H15N3O4S2/c1-10-8-11(6-7-17-10)15-13(9-20)24-16(19-15)18-12-4-2-3-5-14(12)25(21,22)23/h2-8,20H,9H2,1H3,(H,18,19)(H,21,22,23). The zero-order valence-corrected chi connectivity index (χ0v) is 14.8. The summed E-state index contributed by atoms with van der Waals surface area (Å²) in [4.78, 5) is 8.99. The van der Waals surface area contributed by atoms with Gasteiger partial charge in [-0.1, -0.05) is 23.5 Å². The number of nitrogens with zero attached hydrogens (tertiary/aromatic N) is 2. The third kappa shape index (κ3) is 3.85. The van der Waals surface area contributed by atoms with Gasteiger partial charge in [-0.05, 0) is 31.2 Å². The molecule has 2 heterocycles. The van der Waals surface area contributed by atoms with Gasteiger partial charge in [0.25, 0.3) is 10.1 Å². The minimum Gasteiger partial charge on any atom is -0.391 e. The minimum atomic E-state index is -4.36. The van der Waals surface area contributed by atoms with Gasteiger partial charge in [-0.3, -0.25) is 9.54 Å². The highest BCUT2D eigenvalue weighted by Crippen LogP contribution is 2.34. The van der Waals surface area contributed by atoms with E-state index < -0.39 is 10.1 Å². The molecule has 0 aliphatic heterocycles. The monoisotopic (exact) mass is 377 g/mol. The van der Waals surface area contributed by atoms with Crippen molar-refractivity contribution in [2.45, 2.75) is 18.4 Å². The average Bonchev–Trinajstić information content (AvgIpc) is 2.97. The molecule has 3 N–H and O–H groups in total. The first-order chi connectivity index (χ1) is 11.9. The molecule has 0 aliphatic carbocycles. The van der Waals surface area contributed by atoms with Gasteiger partial charge in [-0.2, -0.15) is 8.42 Å². The van der Waals surface area contributed by atoms with Crippen LogP contribution in [0.1, 0.15) is 10.6 Å². The lowest BCUT2D eigenvalue weighted by Crippen LogP contribution is -2.02. The van der Waals surface area contributed by atoms with Crippen LogP contribution < -0.4 is 5.32 Å². The van der Waals surface area contributed by atoms with Crippen molar-refractivity contribution in [2.75, 3.05) is 5.32 Å². The third-order valence-electron chi connectivity index (χ3n) is 3.42. The van der Waals surface area contributed by atoms with Crippen molar-refractivity contribution in [1.29, 1.82) is 0 Å². The Morgan fingerprint density at radius 1 is 1.24 bits per heavy atom. The second kappa shape index (κ2) is 6.89. The number of hydrogen-bond donors (Lipinski definition) is 3. The molecule has 1 aromatic carbocycles. The molecule has 0 bridgehead atoms. The van der Waals surface area contributed by atoms with Crippen molar-refractivity contribution in [3.63, 3.8) is 0 Å². The van der Waals surface area contributed by atoms with E-state index in [2.05, 4.69) is 15.3 Å². The summed E-state index contributed by atoms with van der Waals surface area (Å²) in [6.45, 7) is 1.66. The zero-order valence-electron chi connectivity index (χ0n) is 13.2. The molecule has 0 saturated carbocycles. The molecule has 2 aromatic heterocycles. The molecule has 7 nitrogen and oxygen atoms in total. The first-order valence-corrected chi connectivity index (χ1v) is 9.51. The number of thiazole rings is 1. The predicted molar refractivity (Wildman–Crippen MR) is 95.5 cm³/mol. The number of benzene rings is 1. The van der Waals surface area contributed by atoms with Crippen molar-refractivity contribution in [3.8, 4) is 11.3 Å². The van der Waals surface area contributed by atoms with E-state index in [1.807, 2.05) is 13.0 Å². The van der Waals surface area contributed by atoms with Crippen molar-refractivity contribution in [3.05, 3.63) is 53.2 Å². The number of aromatic nitrogens is 2. The maximum Gasteiger partial charge on any atom is 0.296 e. The average molecular weight is 377 g/mol. The summed E-state index contributed by atoms with van der Waals surface area (Å²) >= 11 is 1.21. The van der Waals surface area contributed by atoms with Crippen molar-refractivity contribution < 1.29 is 18.1 Å². The third-order valence-corrected chi connectivity index (χ3v) is 5.28. The molecule has 0 saturated heterocycles. The topological polar surface area (TPSA) is 112 Å². The molecular weight excluding hydrogens is 362 g/mol. The van der Waals surface area contributed by atoms with Gasteiger partial charge in [0.2, 0.25) is 0 Å². The molecule has 0 spiro atoms. The van der Waals surface area contributed by atoms with Gasteiger partial charge in [0.15, 0.2) is 5.13 Å². The van der Waals surface area contributed by atoms with E-state index in [0.717, 1.165) is 11.3 Å². The summed E-state index contributed by atoms with van der Waals surface area (Å²) in [7, 11) is -4.36. The van der Waals surface area contributed by atoms with E-state index in [1.54, 1.807) is 18.3 Å². The highest BCUT2D eigenvalue weighted by molar-refractivity contribution is 7.86. The second-order valence-electron chi connectivity index (χ2n) is 5.23. The van der Waals surface area contributed by atoms with Gasteiger partial charge in [-0.25, -0.2) is 4.98 Å². The summed E-state index contributed by atoms with van der Waals surface area (Å²) in [5, 5.41) is 12.9. The first-order valence-electron chi connectivity index (χ1n) is 7.25. The second-order valence-corrected chi connectivity index (χ2v) is 7.70. The molecule has 0 radical (unpaired) electrons. The smallest absolute Gasteiger partial charge is 0.296 e. The molecule has 0 unspecified atom stereocenters. The predicted octanol–water partition coefficient (Wildman–Crippen LogP) is 3.00. The highest BCUT2D eigenvalue weighted by Gasteiger charge is 2.18. The van der Waals surface area contributed by atoms with Crippen LogP contribution in [0.5, 0.6) is 0 Å². The van der Waals surface area contributed by atoms with Gasteiger partial charge < -0.3 is 10.4 Å². The minimum absolute atomic E-state index is 0.198. The van der Waals surface area contributed by atoms with E-state index >= 15 is 0 Å². The molecule has 130 valence electrons. The quantitative estimate of drug-likeness (QED) is 0.586. The van der Waals surface area contributed by atoms with Crippen LogP contribution in [0.25, 0.3) is 11.3 Å². The van der Waals surface area contributed by atoms with Crippen LogP contribution in [0.4, 0.5) is 10.8 Å². The Kier molecular flexibility index (Phi) is 4.82. The first kappa shape index (κ1) is 17.5. The number of rotatable bonds is 5. The number of hydrogen-bond acceptors (Lipinski definition) is 7. The van der Waals surface area contributed by atoms with Crippen LogP contribution >= 0.6 is 11.3 Å². The van der Waals surface area contributed by atoms with E-state index in [9.17, 15) is 18.1 Å². The molecule has 9 heteroatoms.